The molecular weight excluding hydrogens is 194 g/mol. The molecule has 1 aromatic heterocycles. The second-order valence-electron chi connectivity index (χ2n) is 2.92. The summed E-state index contributed by atoms with van der Waals surface area (Å²) >= 11 is 1.64. The van der Waals surface area contributed by atoms with Crippen LogP contribution in [0.4, 0.5) is 0 Å². The minimum atomic E-state index is -0.386. The Morgan fingerprint density at radius 2 is 2.07 bits per heavy atom. The molecule has 2 N–H and O–H groups in total. The van der Waals surface area contributed by atoms with Gasteiger partial charge in [0, 0.05) is 10.4 Å². The van der Waals surface area contributed by atoms with E-state index in [1.165, 1.54) is 0 Å². The van der Waals surface area contributed by atoms with E-state index >= 15 is 0 Å². The van der Waals surface area contributed by atoms with Crippen LogP contribution in [0, 0.1) is 0 Å². The summed E-state index contributed by atoms with van der Waals surface area (Å²) in [6.45, 7) is 0. The van der Waals surface area contributed by atoms with Crippen molar-refractivity contribution in [2.75, 3.05) is 0 Å². The number of rotatable bonds is 2. The summed E-state index contributed by atoms with van der Waals surface area (Å²) < 4.78 is 0. The van der Waals surface area contributed by atoms with E-state index in [4.69, 9.17) is 5.73 Å². The van der Waals surface area contributed by atoms with Gasteiger partial charge < -0.3 is 5.73 Å². The lowest BCUT2D eigenvalue weighted by Gasteiger charge is -1.99. The van der Waals surface area contributed by atoms with Crippen LogP contribution in [0.15, 0.2) is 41.8 Å². The molecule has 2 aromatic rings. The molecule has 0 aliphatic carbocycles. The van der Waals surface area contributed by atoms with Gasteiger partial charge in [-0.1, -0.05) is 18.2 Å². The number of primary amides is 1. The van der Waals surface area contributed by atoms with E-state index in [1.807, 2.05) is 35.7 Å². The van der Waals surface area contributed by atoms with Gasteiger partial charge in [-0.3, -0.25) is 4.79 Å². The first-order chi connectivity index (χ1) is 6.77. The number of thiophene rings is 1. The van der Waals surface area contributed by atoms with E-state index in [1.54, 1.807) is 17.4 Å². The van der Waals surface area contributed by atoms with Gasteiger partial charge in [0.05, 0.1) is 0 Å². The molecule has 0 atom stereocenters. The molecule has 0 aliphatic heterocycles. The van der Waals surface area contributed by atoms with Gasteiger partial charge in [0.2, 0.25) is 5.91 Å². The topological polar surface area (TPSA) is 43.1 Å². The average Bonchev–Trinajstić information content (AvgIpc) is 2.71. The van der Waals surface area contributed by atoms with Crippen LogP contribution in [0.3, 0.4) is 0 Å². The monoisotopic (exact) mass is 203 g/mol. The lowest BCUT2D eigenvalue weighted by atomic mass is 10.1. The zero-order valence-electron chi connectivity index (χ0n) is 7.44. The Balaban J connectivity index is 2.46. The van der Waals surface area contributed by atoms with Gasteiger partial charge in [0.25, 0.3) is 0 Å². The number of carbonyl (C=O) groups excluding carboxylic acids is 1. The molecule has 1 amide bonds. The van der Waals surface area contributed by atoms with Gasteiger partial charge in [0.15, 0.2) is 0 Å². The Bertz CT molecular complexity index is 448. The highest BCUT2D eigenvalue weighted by molar-refractivity contribution is 7.13. The van der Waals surface area contributed by atoms with Gasteiger partial charge in [0.1, 0.15) is 0 Å². The molecule has 0 saturated heterocycles. The van der Waals surface area contributed by atoms with Gasteiger partial charge in [-0.05, 0) is 29.1 Å². The largest absolute Gasteiger partial charge is 0.366 e. The molecule has 70 valence electrons. The molecular formula is C11H9NOS. The van der Waals surface area contributed by atoms with Crippen molar-refractivity contribution in [2.45, 2.75) is 0 Å². The van der Waals surface area contributed by atoms with E-state index < -0.39 is 0 Å². The Kier molecular flexibility index (Phi) is 2.33. The second kappa shape index (κ2) is 3.64. The predicted octanol–water partition coefficient (Wildman–Crippen LogP) is 2.51. The third kappa shape index (κ3) is 1.67. The molecule has 0 fully saturated rings. The summed E-state index contributed by atoms with van der Waals surface area (Å²) in [5.74, 6) is -0.386. The first kappa shape index (κ1) is 8.97. The highest BCUT2D eigenvalue weighted by Gasteiger charge is 2.03. The molecule has 0 bridgehead atoms. The Hall–Kier alpha value is -1.61. The standard InChI is InChI=1S/C11H9NOS/c12-11(13)9-4-1-3-8(7-9)10-5-2-6-14-10/h1-7H,(H2,12,13). The minimum Gasteiger partial charge on any atom is -0.366 e. The molecule has 14 heavy (non-hydrogen) atoms. The van der Waals surface area contributed by atoms with Crippen molar-refractivity contribution in [3.63, 3.8) is 0 Å². The van der Waals surface area contributed by atoms with Crippen LogP contribution in [0.25, 0.3) is 10.4 Å². The second-order valence-corrected chi connectivity index (χ2v) is 3.87. The third-order valence-electron chi connectivity index (χ3n) is 1.95. The van der Waals surface area contributed by atoms with Gasteiger partial charge in [-0.2, -0.15) is 0 Å². The third-order valence-corrected chi connectivity index (χ3v) is 2.87. The summed E-state index contributed by atoms with van der Waals surface area (Å²) in [6, 6.07) is 11.3. The van der Waals surface area contributed by atoms with Crippen molar-refractivity contribution in [1.29, 1.82) is 0 Å². The fourth-order valence-electron chi connectivity index (χ4n) is 1.27. The highest BCUT2D eigenvalue weighted by atomic mass is 32.1. The Labute approximate surface area is 86.0 Å². The quantitative estimate of drug-likeness (QED) is 0.800. The van der Waals surface area contributed by atoms with Crippen molar-refractivity contribution >= 4 is 17.2 Å². The molecule has 0 unspecified atom stereocenters. The smallest absolute Gasteiger partial charge is 0.248 e. The summed E-state index contributed by atoms with van der Waals surface area (Å²) in [7, 11) is 0. The van der Waals surface area contributed by atoms with Gasteiger partial charge >= 0.3 is 0 Å². The molecule has 0 saturated carbocycles. The van der Waals surface area contributed by atoms with E-state index in [-0.39, 0.29) is 5.91 Å². The number of nitrogens with two attached hydrogens (primary N) is 1. The fourth-order valence-corrected chi connectivity index (χ4v) is 1.99. The van der Waals surface area contributed by atoms with Crippen LogP contribution in [0.2, 0.25) is 0 Å². The molecule has 2 nitrogen and oxygen atoms in total. The molecule has 0 spiro atoms. The van der Waals surface area contributed by atoms with Crippen molar-refractivity contribution in [3.8, 4) is 10.4 Å². The molecule has 2 rings (SSSR count). The molecule has 1 aromatic carbocycles. The average molecular weight is 203 g/mol. The van der Waals surface area contributed by atoms with Crippen LogP contribution in [0.1, 0.15) is 10.4 Å². The summed E-state index contributed by atoms with van der Waals surface area (Å²) in [5.41, 5.74) is 6.79. The zero-order valence-corrected chi connectivity index (χ0v) is 8.25. The predicted molar refractivity (Wildman–Crippen MR) is 58.3 cm³/mol. The van der Waals surface area contributed by atoms with Gasteiger partial charge in [-0.25, -0.2) is 0 Å². The van der Waals surface area contributed by atoms with E-state index in [9.17, 15) is 4.79 Å². The van der Waals surface area contributed by atoms with E-state index in [2.05, 4.69) is 0 Å². The Morgan fingerprint density at radius 3 is 2.71 bits per heavy atom. The maximum absolute atomic E-state index is 10.9. The van der Waals surface area contributed by atoms with Crippen LogP contribution in [0.5, 0.6) is 0 Å². The minimum absolute atomic E-state index is 0.386. The van der Waals surface area contributed by atoms with Crippen LogP contribution >= 0.6 is 11.3 Å². The van der Waals surface area contributed by atoms with Gasteiger partial charge in [-0.15, -0.1) is 11.3 Å². The summed E-state index contributed by atoms with van der Waals surface area (Å²) in [6.07, 6.45) is 0. The van der Waals surface area contributed by atoms with Crippen molar-refractivity contribution in [2.24, 2.45) is 5.73 Å². The Morgan fingerprint density at radius 1 is 1.21 bits per heavy atom. The SMILES string of the molecule is NC(=O)c1cccc(-c2cccs2)c1. The number of hydrogen-bond acceptors (Lipinski definition) is 2. The van der Waals surface area contributed by atoms with Crippen molar-refractivity contribution in [3.05, 3.63) is 47.3 Å². The van der Waals surface area contributed by atoms with E-state index in [0.717, 1.165) is 10.4 Å². The summed E-state index contributed by atoms with van der Waals surface area (Å²) in [4.78, 5) is 12.1. The van der Waals surface area contributed by atoms with Crippen molar-refractivity contribution < 1.29 is 4.79 Å². The zero-order chi connectivity index (χ0) is 9.97. The van der Waals surface area contributed by atoms with E-state index in [0.29, 0.717) is 5.56 Å². The van der Waals surface area contributed by atoms with Crippen LogP contribution in [-0.2, 0) is 0 Å². The summed E-state index contributed by atoms with van der Waals surface area (Å²) in [5, 5.41) is 2.01. The fraction of sp³-hybridized carbons (Fsp3) is 0. The van der Waals surface area contributed by atoms with Crippen molar-refractivity contribution in [1.82, 2.24) is 0 Å². The molecule has 0 aliphatic rings. The number of hydrogen-bond donors (Lipinski definition) is 1. The first-order valence-electron chi connectivity index (χ1n) is 4.21. The first-order valence-corrected chi connectivity index (χ1v) is 5.09. The molecule has 1 heterocycles. The van der Waals surface area contributed by atoms with Crippen LogP contribution in [-0.4, -0.2) is 5.91 Å². The normalized spacial score (nSPS) is 10.0. The number of carbonyl (C=O) groups is 1. The number of benzene rings is 1. The number of amides is 1. The maximum Gasteiger partial charge on any atom is 0.248 e. The highest BCUT2D eigenvalue weighted by Crippen LogP contribution is 2.24. The molecule has 3 heteroatoms. The van der Waals surface area contributed by atoms with Crippen LogP contribution < -0.4 is 5.73 Å². The lowest BCUT2D eigenvalue weighted by molar-refractivity contribution is 0.100. The maximum atomic E-state index is 10.9. The molecule has 0 radical (unpaired) electrons. The lowest BCUT2D eigenvalue weighted by Crippen LogP contribution is -2.10.